The van der Waals surface area contributed by atoms with Gasteiger partial charge in [0, 0.05) is 29.7 Å². The minimum Gasteiger partial charge on any atom is -0.497 e. The number of hydrogen-bond donors (Lipinski definition) is 1. The Morgan fingerprint density at radius 3 is 2.42 bits per heavy atom. The molecule has 2 atom stereocenters. The van der Waals surface area contributed by atoms with Gasteiger partial charge in [-0.1, -0.05) is 18.2 Å². The van der Waals surface area contributed by atoms with E-state index in [9.17, 15) is 24.8 Å². The summed E-state index contributed by atoms with van der Waals surface area (Å²) >= 11 is 1.56. The maximum Gasteiger partial charge on any atom is 0.411 e. The molecular weight excluding hydrogens is 448 g/mol. The molecule has 0 bridgehead atoms. The van der Waals surface area contributed by atoms with E-state index in [2.05, 4.69) is 6.58 Å². The van der Waals surface area contributed by atoms with E-state index >= 15 is 0 Å². The van der Waals surface area contributed by atoms with E-state index in [0.717, 1.165) is 11.3 Å². The van der Waals surface area contributed by atoms with Crippen LogP contribution in [-0.4, -0.2) is 51.4 Å². The standard InChI is InChI=1S/C23H24N2O7S/c1-3-23(21(26)27)12-20(33-15-17-6-10-19(31-2)11-7-17)13-24(23)22(28)32-14-16-4-8-18(9-5-16)25(29)30/h3-11,20H,1,12-15H2,2H3,(H,26,27)/t20-,23+/m0/s1. The lowest BCUT2D eigenvalue weighted by molar-refractivity contribution is -0.384. The van der Waals surface area contributed by atoms with Crippen LogP contribution in [0.3, 0.4) is 0 Å². The van der Waals surface area contributed by atoms with Crippen molar-refractivity contribution in [3.8, 4) is 5.75 Å². The lowest BCUT2D eigenvalue weighted by Crippen LogP contribution is -2.51. The molecule has 0 aromatic heterocycles. The third-order valence-electron chi connectivity index (χ3n) is 5.49. The molecular formula is C23H24N2O7S. The molecule has 3 rings (SSSR count). The number of thioether (sulfide) groups is 1. The van der Waals surface area contributed by atoms with E-state index in [1.165, 1.54) is 35.2 Å². The molecule has 1 aliphatic rings. The second kappa shape index (κ2) is 10.4. The van der Waals surface area contributed by atoms with Crippen molar-refractivity contribution in [2.24, 2.45) is 0 Å². The summed E-state index contributed by atoms with van der Waals surface area (Å²) in [6.45, 7) is 3.73. The fourth-order valence-corrected chi connectivity index (χ4v) is 4.84. The van der Waals surface area contributed by atoms with Gasteiger partial charge in [0.05, 0.1) is 12.0 Å². The number of benzene rings is 2. The number of carbonyl (C=O) groups is 2. The Hall–Kier alpha value is -3.53. The monoisotopic (exact) mass is 472 g/mol. The summed E-state index contributed by atoms with van der Waals surface area (Å²) in [7, 11) is 1.60. The number of nitro groups is 1. The average molecular weight is 473 g/mol. The Morgan fingerprint density at radius 1 is 1.24 bits per heavy atom. The Kier molecular flexibility index (Phi) is 7.59. The summed E-state index contributed by atoms with van der Waals surface area (Å²) in [5.41, 5.74) is -0.0278. The van der Waals surface area contributed by atoms with Gasteiger partial charge in [-0.15, -0.1) is 6.58 Å². The van der Waals surface area contributed by atoms with E-state index in [-0.39, 0.29) is 30.5 Å². The smallest absolute Gasteiger partial charge is 0.411 e. The second-order valence-electron chi connectivity index (χ2n) is 7.51. The molecule has 1 saturated heterocycles. The van der Waals surface area contributed by atoms with Gasteiger partial charge in [0.2, 0.25) is 0 Å². The van der Waals surface area contributed by atoms with Gasteiger partial charge in [0.25, 0.3) is 5.69 Å². The molecule has 1 heterocycles. The predicted molar refractivity (Wildman–Crippen MR) is 123 cm³/mol. The van der Waals surface area contributed by atoms with Crippen LogP contribution >= 0.6 is 11.8 Å². The fraction of sp³-hybridized carbons (Fsp3) is 0.304. The molecule has 1 amide bonds. The first-order valence-electron chi connectivity index (χ1n) is 10.1. The zero-order valence-corrected chi connectivity index (χ0v) is 18.8. The molecule has 0 radical (unpaired) electrons. The third-order valence-corrected chi connectivity index (χ3v) is 6.78. The number of carboxylic acid groups (broad SMARTS) is 1. The van der Waals surface area contributed by atoms with Crippen LogP contribution in [0.4, 0.5) is 10.5 Å². The fourth-order valence-electron chi connectivity index (χ4n) is 3.59. The molecule has 0 saturated carbocycles. The van der Waals surface area contributed by atoms with Gasteiger partial charge in [-0.2, -0.15) is 11.8 Å². The Balaban J connectivity index is 1.66. The van der Waals surface area contributed by atoms with Crippen LogP contribution in [-0.2, 0) is 21.9 Å². The number of aliphatic carboxylic acids is 1. The number of ether oxygens (including phenoxy) is 2. The molecule has 1 aliphatic heterocycles. The van der Waals surface area contributed by atoms with Gasteiger partial charge in [0.1, 0.15) is 12.4 Å². The minimum atomic E-state index is -1.57. The summed E-state index contributed by atoms with van der Waals surface area (Å²) in [6, 6.07) is 13.2. The van der Waals surface area contributed by atoms with E-state index in [1.807, 2.05) is 24.3 Å². The maximum absolute atomic E-state index is 12.8. The highest BCUT2D eigenvalue weighted by molar-refractivity contribution is 7.99. The molecule has 0 spiro atoms. The van der Waals surface area contributed by atoms with Gasteiger partial charge < -0.3 is 14.6 Å². The highest BCUT2D eigenvalue weighted by atomic mass is 32.2. The first-order chi connectivity index (χ1) is 15.8. The van der Waals surface area contributed by atoms with Gasteiger partial charge in [-0.25, -0.2) is 9.59 Å². The molecule has 174 valence electrons. The van der Waals surface area contributed by atoms with E-state index < -0.39 is 22.5 Å². The van der Waals surface area contributed by atoms with Crippen molar-refractivity contribution in [3.63, 3.8) is 0 Å². The minimum absolute atomic E-state index is 0.0714. The van der Waals surface area contributed by atoms with Crippen LogP contribution in [0, 0.1) is 10.1 Å². The van der Waals surface area contributed by atoms with Crippen molar-refractivity contribution < 1.29 is 29.1 Å². The van der Waals surface area contributed by atoms with Crippen molar-refractivity contribution in [3.05, 3.63) is 82.4 Å². The SMILES string of the molecule is C=C[C@]1(C(=O)O)C[C@H](SCc2ccc(OC)cc2)CN1C(=O)OCc1ccc([N+](=O)[O-])cc1. The predicted octanol–water partition coefficient (Wildman–Crippen LogP) is 4.26. The lowest BCUT2D eigenvalue weighted by Gasteiger charge is -2.30. The van der Waals surface area contributed by atoms with Gasteiger partial charge in [0.15, 0.2) is 5.54 Å². The molecule has 2 aromatic rings. The van der Waals surface area contributed by atoms with Gasteiger partial charge in [-0.3, -0.25) is 15.0 Å². The van der Waals surface area contributed by atoms with Crippen LogP contribution in [0.2, 0.25) is 0 Å². The Bertz CT molecular complexity index is 1030. The van der Waals surface area contributed by atoms with Crippen molar-refractivity contribution in [2.45, 2.75) is 29.6 Å². The molecule has 10 heteroatoms. The second-order valence-corrected chi connectivity index (χ2v) is 8.80. The number of rotatable bonds is 9. The Labute approximate surface area is 195 Å². The number of nitrogens with zero attached hydrogens (tertiary/aromatic N) is 2. The lowest BCUT2D eigenvalue weighted by atomic mass is 9.97. The largest absolute Gasteiger partial charge is 0.497 e. The summed E-state index contributed by atoms with van der Waals surface area (Å²) < 4.78 is 10.5. The number of likely N-dealkylation sites (tertiary alicyclic amines) is 1. The van der Waals surface area contributed by atoms with Crippen molar-refractivity contribution in [1.82, 2.24) is 4.90 Å². The third kappa shape index (κ3) is 5.46. The topological polar surface area (TPSA) is 119 Å². The van der Waals surface area contributed by atoms with Crippen LogP contribution in [0.1, 0.15) is 17.5 Å². The molecule has 2 aromatic carbocycles. The summed E-state index contributed by atoms with van der Waals surface area (Å²) in [6.07, 6.45) is 0.707. The summed E-state index contributed by atoms with van der Waals surface area (Å²) in [5, 5.41) is 20.5. The molecule has 1 N–H and O–H groups in total. The van der Waals surface area contributed by atoms with Crippen molar-refractivity contribution in [2.75, 3.05) is 13.7 Å². The number of carbonyl (C=O) groups excluding carboxylic acids is 1. The Morgan fingerprint density at radius 2 is 1.88 bits per heavy atom. The quantitative estimate of drug-likeness (QED) is 0.327. The number of carboxylic acids is 1. The maximum atomic E-state index is 12.8. The first kappa shape index (κ1) is 24.1. The summed E-state index contributed by atoms with van der Waals surface area (Å²) in [5.74, 6) is 0.230. The highest BCUT2D eigenvalue weighted by Gasteiger charge is 2.52. The number of hydrogen-bond acceptors (Lipinski definition) is 7. The van der Waals surface area contributed by atoms with Crippen LogP contribution in [0.5, 0.6) is 5.75 Å². The number of nitro benzene ring substituents is 1. The van der Waals surface area contributed by atoms with Crippen molar-refractivity contribution in [1.29, 1.82) is 0 Å². The molecule has 9 nitrogen and oxygen atoms in total. The molecule has 1 fully saturated rings. The van der Waals surface area contributed by atoms with Crippen LogP contribution in [0.25, 0.3) is 0 Å². The van der Waals surface area contributed by atoms with Crippen molar-refractivity contribution >= 4 is 29.5 Å². The number of amides is 1. The number of methoxy groups -OCH3 is 1. The summed E-state index contributed by atoms with van der Waals surface area (Å²) in [4.78, 5) is 36.4. The molecule has 0 aliphatic carbocycles. The van der Waals surface area contributed by atoms with Crippen LogP contribution in [0.15, 0.2) is 61.2 Å². The highest BCUT2D eigenvalue weighted by Crippen LogP contribution is 2.38. The average Bonchev–Trinajstić information content (AvgIpc) is 3.22. The zero-order chi connectivity index (χ0) is 24.0. The first-order valence-corrected chi connectivity index (χ1v) is 11.1. The van der Waals surface area contributed by atoms with E-state index in [1.54, 1.807) is 18.9 Å². The van der Waals surface area contributed by atoms with Gasteiger partial charge >= 0.3 is 12.1 Å². The normalized spacial score (nSPS) is 19.7. The van der Waals surface area contributed by atoms with E-state index in [4.69, 9.17) is 9.47 Å². The number of non-ortho nitro benzene ring substituents is 1. The van der Waals surface area contributed by atoms with Crippen LogP contribution < -0.4 is 4.74 Å². The molecule has 33 heavy (non-hydrogen) atoms. The van der Waals surface area contributed by atoms with E-state index in [0.29, 0.717) is 11.3 Å². The molecule has 0 unspecified atom stereocenters. The zero-order valence-electron chi connectivity index (χ0n) is 18.0. The van der Waals surface area contributed by atoms with Gasteiger partial charge in [-0.05, 0) is 41.8 Å².